The van der Waals surface area contributed by atoms with E-state index in [1.165, 1.54) is 13.2 Å². The standard InChI is InChI=1S/C19H19ClO4/c1-4-24-18-11-13(10-15(20)19(18)22)6-7-16(21)14-9-12(2)5-8-17(14)23-3/h5-11,22H,4H2,1-3H3/b7-6+. The molecule has 0 atom stereocenters. The highest BCUT2D eigenvalue weighted by Crippen LogP contribution is 2.35. The Labute approximate surface area is 146 Å². The smallest absolute Gasteiger partial charge is 0.189 e. The molecule has 24 heavy (non-hydrogen) atoms. The zero-order valence-electron chi connectivity index (χ0n) is 13.8. The number of rotatable bonds is 6. The first kappa shape index (κ1) is 17.9. The van der Waals surface area contributed by atoms with Crippen molar-refractivity contribution in [3.63, 3.8) is 0 Å². The third-order valence-corrected chi connectivity index (χ3v) is 3.69. The minimum atomic E-state index is -0.183. The summed E-state index contributed by atoms with van der Waals surface area (Å²) in [5.41, 5.74) is 2.11. The monoisotopic (exact) mass is 346 g/mol. The lowest BCUT2D eigenvalue weighted by Gasteiger charge is -2.08. The van der Waals surface area contributed by atoms with E-state index in [0.29, 0.717) is 23.5 Å². The van der Waals surface area contributed by atoms with Crippen LogP contribution in [0.5, 0.6) is 17.2 Å². The van der Waals surface area contributed by atoms with E-state index in [1.54, 1.807) is 30.3 Å². The van der Waals surface area contributed by atoms with Crippen molar-refractivity contribution in [1.29, 1.82) is 0 Å². The van der Waals surface area contributed by atoms with E-state index in [-0.39, 0.29) is 22.3 Å². The van der Waals surface area contributed by atoms with Crippen molar-refractivity contribution in [2.45, 2.75) is 13.8 Å². The van der Waals surface area contributed by atoms with Gasteiger partial charge in [0, 0.05) is 0 Å². The van der Waals surface area contributed by atoms with Crippen molar-refractivity contribution >= 4 is 23.5 Å². The second kappa shape index (κ2) is 7.88. The van der Waals surface area contributed by atoms with E-state index < -0.39 is 0 Å². The number of phenolic OH excluding ortho intramolecular Hbond substituents is 1. The van der Waals surface area contributed by atoms with Crippen LogP contribution in [-0.2, 0) is 0 Å². The zero-order valence-corrected chi connectivity index (χ0v) is 14.6. The largest absolute Gasteiger partial charge is 0.503 e. The number of carbonyl (C=O) groups is 1. The first-order valence-electron chi connectivity index (χ1n) is 7.48. The van der Waals surface area contributed by atoms with Crippen LogP contribution < -0.4 is 9.47 Å². The minimum absolute atomic E-state index is 0.109. The predicted octanol–water partition coefficient (Wildman–Crippen LogP) is 4.66. The van der Waals surface area contributed by atoms with E-state index in [1.807, 2.05) is 19.9 Å². The molecule has 2 aromatic rings. The van der Waals surface area contributed by atoms with Gasteiger partial charge in [0.25, 0.3) is 0 Å². The number of carbonyl (C=O) groups excluding carboxylic acids is 1. The summed E-state index contributed by atoms with van der Waals surface area (Å²) in [6.07, 6.45) is 3.06. The quantitative estimate of drug-likeness (QED) is 0.610. The van der Waals surface area contributed by atoms with Crippen LogP contribution in [0.3, 0.4) is 0 Å². The van der Waals surface area contributed by atoms with Crippen molar-refractivity contribution in [2.75, 3.05) is 13.7 Å². The molecule has 0 unspecified atom stereocenters. The van der Waals surface area contributed by atoms with Gasteiger partial charge in [-0.05, 0) is 49.8 Å². The predicted molar refractivity (Wildman–Crippen MR) is 95.4 cm³/mol. The van der Waals surface area contributed by atoms with Gasteiger partial charge in [-0.1, -0.05) is 29.3 Å². The number of aromatic hydroxyl groups is 1. The molecule has 0 amide bonds. The molecule has 0 heterocycles. The third-order valence-electron chi connectivity index (χ3n) is 3.40. The van der Waals surface area contributed by atoms with Gasteiger partial charge in [0.05, 0.1) is 24.3 Å². The average molecular weight is 347 g/mol. The highest BCUT2D eigenvalue weighted by atomic mass is 35.5. The maximum atomic E-state index is 12.4. The van der Waals surface area contributed by atoms with Gasteiger partial charge in [-0.25, -0.2) is 0 Å². The second-order valence-corrected chi connectivity index (χ2v) is 5.59. The number of benzene rings is 2. The Morgan fingerprint density at radius 3 is 2.67 bits per heavy atom. The molecule has 0 bridgehead atoms. The molecule has 5 heteroatoms. The summed E-state index contributed by atoms with van der Waals surface area (Å²) >= 11 is 5.99. The van der Waals surface area contributed by atoms with Gasteiger partial charge in [-0.3, -0.25) is 4.79 Å². The Morgan fingerprint density at radius 2 is 2.00 bits per heavy atom. The van der Waals surface area contributed by atoms with Crippen LogP contribution >= 0.6 is 11.6 Å². The topological polar surface area (TPSA) is 55.8 Å². The fraction of sp³-hybridized carbons (Fsp3) is 0.211. The highest BCUT2D eigenvalue weighted by molar-refractivity contribution is 6.32. The molecule has 126 valence electrons. The van der Waals surface area contributed by atoms with Crippen LogP contribution in [0.15, 0.2) is 36.4 Å². The molecule has 1 N–H and O–H groups in total. The molecule has 0 saturated carbocycles. The van der Waals surface area contributed by atoms with Gasteiger partial charge in [0.2, 0.25) is 0 Å². The van der Waals surface area contributed by atoms with Crippen LogP contribution in [0.4, 0.5) is 0 Å². The van der Waals surface area contributed by atoms with Crippen molar-refractivity contribution in [3.8, 4) is 17.2 Å². The fourth-order valence-electron chi connectivity index (χ4n) is 2.23. The number of halogens is 1. The average Bonchev–Trinajstić information content (AvgIpc) is 2.57. The number of ketones is 1. The Balaban J connectivity index is 2.31. The highest BCUT2D eigenvalue weighted by Gasteiger charge is 2.11. The number of hydrogen-bond donors (Lipinski definition) is 1. The maximum Gasteiger partial charge on any atom is 0.189 e. The minimum Gasteiger partial charge on any atom is -0.503 e. The van der Waals surface area contributed by atoms with E-state index >= 15 is 0 Å². The zero-order chi connectivity index (χ0) is 17.7. The number of methoxy groups -OCH3 is 1. The molecular weight excluding hydrogens is 328 g/mol. The summed E-state index contributed by atoms with van der Waals surface area (Å²) in [7, 11) is 1.53. The Morgan fingerprint density at radius 1 is 1.25 bits per heavy atom. The normalized spacial score (nSPS) is 10.8. The van der Waals surface area contributed by atoms with Crippen molar-refractivity contribution < 1.29 is 19.4 Å². The molecule has 0 aliphatic heterocycles. The Kier molecular flexibility index (Phi) is 5.88. The number of phenols is 1. The van der Waals surface area contributed by atoms with Gasteiger partial charge in [0.1, 0.15) is 5.75 Å². The summed E-state index contributed by atoms with van der Waals surface area (Å²) in [6.45, 7) is 4.12. The van der Waals surface area contributed by atoms with Crippen LogP contribution in [0, 0.1) is 6.92 Å². The van der Waals surface area contributed by atoms with Crippen LogP contribution in [0.25, 0.3) is 6.08 Å². The summed E-state index contributed by atoms with van der Waals surface area (Å²) in [5.74, 6) is 0.513. The van der Waals surface area contributed by atoms with Gasteiger partial charge < -0.3 is 14.6 Å². The lowest BCUT2D eigenvalue weighted by atomic mass is 10.1. The van der Waals surface area contributed by atoms with E-state index in [0.717, 1.165) is 5.56 Å². The van der Waals surface area contributed by atoms with Crippen molar-refractivity contribution in [1.82, 2.24) is 0 Å². The van der Waals surface area contributed by atoms with Gasteiger partial charge in [0.15, 0.2) is 17.3 Å². The third kappa shape index (κ3) is 4.09. The molecule has 2 rings (SSSR count). The Hall–Kier alpha value is -2.46. The van der Waals surface area contributed by atoms with Crippen molar-refractivity contribution in [3.05, 3.63) is 58.1 Å². The van der Waals surface area contributed by atoms with Crippen molar-refractivity contribution in [2.24, 2.45) is 0 Å². The lowest BCUT2D eigenvalue weighted by molar-refractivity contribution is 0.104. The molecule has 0 aliphatic carbocycles. The van der Waals surface area contributed by atoms with Crippen LogP contribution in [-0.4, -0.2) is 24.6 Å². The molecule has 0 saturated heterocycles. The summed E-state index contributed by atoms with van der Waals surface area (Å²) in [6, 6.07) is 8.62. The summed E-state index contributed by atoms with van der Waals surface area (Å²) in [5, 5.41) is 10.0. The molecular formula is C19H19ClO4. The molecule has 4 nitrogen and oxygen atoms in total. The first-order valence-corrected chi connectivity index (χ1v) is 7.86. The van der Waals surface area contributed by atoms with Gasteiger partial charge in [-0.15, -0.1) is 0 Å². The SMILES string of the molecule is CCOc1cc(/C=C/C(=O)c2cc(C)ccc2OC)cc(Cl)c1O. The number of ether oxygens (including phenoxy) is 2. The number of aryl methyl sites for hydroxylation is 1. The molecule has 0 spiro atoms. The second-order valence-electron chi connectivity index (χ2n) is 5.18. The maximum absolute atomic E-state index is 12.4. The van der Waals surface area contributed by atoms with Gasteiger partial charge >= 0.3 is 0 Å². The summed E-state index contributed by atoms with van der Waals surface area (Å²) in [4.78, 5) is 12.4. The van der Waals surface area contributed by atoms with Crippen LogP contribution in [0.2, 0.25) is 5.02 Å². The van der Waals surface area contributed by atoms with E-state index in [4.69, 9.17) is 21.1 Å². The Bertz CT molecular complexity index is 781. The molecule has 2 aromatic carbocycles. The molecule has 0 radical (unpaired) electrons. The lowest BCUT2D eigenvalue weighted by Crippen LogP contribution is -1.99. The van der Waals surface area contributed by atoms with Crippen LogP contribution in [0.1, 0.15) is 28.4 Å². The number of allylic oxidation sites excluding steroid dienone is 1. The fourth-order valence-corrected chi connectivity index (χ4v) is 2.45. The molecule has 0 aliphatic rings. The summed E-state index contributed by atoms with van der Waals surface area (Å²) < 4.78 is 10.6. The molecule has 0 fully saturated rings. The van der Waals surface area contributed by atoms with Gasteiger partial charge in [-0.2, -0.15) is 0 Å². The number of hydrogen-bond acceptors (Lipinski definition) is 4. The first-order chi connectivity index (χ1) is 11.5. The van der Waals surface area contributed by atoms with E-state index in [2.05, 4.69) is 0 Å². The molecule has 0 aromatic heterocycles. The van der Waals surface area contributed by atoms with E-state index in [9.17, 15) is 9.90 Å².